The Bertz CT molecular complexity index is 227. The lowest BCUT2D eigenvalue weighted by Crippen LogP contribution is -2.40. The molecule has 0 saturated carbocycles. The lowest BCUT2D eigenvalue weighted by Gasteiger charge is -2.25. The van der Waals surface area contributed by atoms with Crippen molar-refractivity contribution in [3.8, 4) is 0 Å². The lowest BCUT2D eigenvalue weighted by molar-refractivity contribution is -0.312. The number of carbonyl (C=O) groups excluding carboxylic acids is 2. The summed E-state index contributed by atoms with van der Waals surface area (Å²) in [6.45, 7) is 1.01. The zero-order valence-electron chi connectivity index (χ0n) is 6.90. The lowest BCUT2D eigenvalue weighted by atomic mass is 9.83. The number of hydrogen-bond acceptors (Lipinski definition) is 5. The number of rotatable bonds is 5. The average molecular weight is 188 g/mol. The van der Waals surface area contributed by atoms with E-state index in [1.165, 1.54) is 0 Å². The minimum absolute atomic E-state index is 0.851. The Balaban J connectivity index is 4.62. The molecule has 0 aromatic rings. The van der Waals surface area contributed by atoms with Crippen LogP contribution in [0.5, 0.6) is 0 Å². The highest BCUT2D eigenvalue weighted by Crippen LogP contribution is 2.25. The van der Waals surface area contributed by atoms with Crippen LogP contribution in [-0.2, 0) is 14.4 Å². The third kappa shape index (κ3) is 3.55. The molecule has 0 aromatic heterocycles. The Kier molecular flexibility index (Phi) is 3.41. The molecule has 6 heteroatoms. The number of aliphatic carboxylic acids is 3. The van der Waals surface area contributed by atoms with Gasteiger partial charge in [0.25, 0.3) is 0 Å². The summed E-state index contributed by atoms with van der Waals surface area (Å²) in [6, 6.07) is 0. The van der Waals surface area contributed by atoms with Gasteiger partial charge in [-0.2, -0.15) is 0 Å². The Hall–Kier alpha value is -1.59. The number of carbonyl (C=O) groups is 3. The van der Waals surface area contributed by atoms with Crippen LogP contribution in [0.1, 0.15) is 19.8 Å². The van der Waals surface area contributed by atoms with Gasteiger partial charge in [0.15, 0.2) is 0 Å². The second-order valence-corrected chi connectivity index (χ2v) is 2.96. The van der Waals surface area contributed by atoms with Crippen molar-refractivity contribution in [2.75, 3.05) is 0 Å². The van der Waals surface area contributed by atoms with E-state index in [0.717, 1.165) is 6.92 Å². The Morgan fingerprint density at radius 2 is 1.46 bits per heavy atom. The largest absolute Gasteiger partial charge is 0.550 e. The first kappa shape index (κ1) is 11.4. The quantitative estimate of drug-likeness (QED) is 0.503. The molecule has 0 aliphatic carbocycles. The van der Waals surface area contributed by atoms with Crippen LogP contribution >= 0.6 is 0 Å². The van der Waals surface area contributed by atoms with Crippen LogP contribution in [0.2, 0.25) is 0 Å². The summed E-state index contributed by atoms with van der Waals surface area (Å²) in [5.74, 6) is -4.71. The van der Waals surface area contributed by atoms with Gasteiger partial charge in [-0.3, -0.25) is 4.79 Å². The molecule has 74 valence electrons. The molecule has 0 aliphatic heterocycles. The summed E-state index contributed by atoms with van der Waals surface area (Å²) in [7, 11) is 0. The first-order chi connectivity index (χ1) is 5.78. The standard InChI is InChI=1S/C7H10O6/c1-7(6(12)13,2-4(8)9)3-5(10)11/h2-3H2,1H3,(H,8,9)(H,10,11)(H,12,13)/p-2. The van der Waals surface area contributed by atoms with Gasteiger partial charge in [0, 0.05) is 24.8 Å². The van der Waals surface area contributed by atoms with Gasteiger partial charge < -0.3 is 24.9 Å². The normalized spacial score (nSPS) is 10.8. The van der Waals surface area contributed by atoms with E-state index in [2.05, 4.69) is 0 Å². The van der Waals surface area contributed by atoms with Crippen molar-refractivity contribution >= 4 is 17.9 Å². The van der Waals surface area contributed by atoms with Crippen LogP contribution in [0, 0.1) is 5.41 Å². The number of hydrogen-bond donors (Lipinski definition) is 1. The minimum atomic E-state index is -1.86. The van der Waals surface area contributed by atoms with Crippen molar-refractivity contribution in [1.82, 2.24) is 0 Å². The molecule has 0 heterocycles. The molecule has 0 aliphatic rings. The van der Waals surface area contributed by atoms with Crippen LogP contribution in [-0.4, -0.2) is 23.0 Å². The van der Waals surface area contributed by atoms with Gasteiger partial charge in [0.1, 0.15) is 0 Å². The van der Waals surface area contributed by atoms with E-state index in [4.69, 9.17) is 5.11 Å². The highest BCUT2D eigenvalue weighted by Gasteiger charge is 2.33. The first-order valence-electron chi connectivity index (χ1n) is 3.41. The average Bonchev–Trinajstić information content (AvgIpc) is 1.82. The molecule has 1 N–H and O–H groups in total. The van der Waals surface area contributed by atoms with E-state index in [-0.39, 0.29) is 0 Å². The van der Waals surface area contributed by atoms with Gasteiger partial charge >= 0.3 is 5.97 Å². The van der Waals surface area contributed by atoms with Crippen LogP contribution in [0.3, 0.4) is 0 Å². The van der Waals surface area contributed by atoms with E-state index in [1.54, 1.807) is 0 Å². The topological polar surface area (TPSA) is 118 Å². The summed E-state index contributed by atoms with van der Waals surface area (Å²) in [6.07, 6.45) is -1.70. The molecule has 0 fully saturated rings. The van der Waals surface area contributed by atoms with Gasteiger partial charge in [-0.25, -0.2) is 0 Å². The van der Waals surface area contributed by atoms with Crippen molar-refractivity contribution < 1.29 is 29.7 Å². The molecule has 0 aromatic carbocycles. The first-order valence-corrected chi connectivity index (χ1v) is 3.41. The maximum Gasteiger partial charge on any atom is 0.310 e. The summed E-state index contributed by atoms with van der Waals surface area (Å²) < 4.78 is 0. The predicted molar refractivity (Wildman–Crippen MR) is 35.0 cm³/mol. The third-order valence-corrected chi connectivity index (χ3v) is 1.59. The van der Waals surface area contributed by atoms with Crippen molar-refractivity contribution in [3.63, 3.8) is 0 Å². The minimum Gasteiger partial charge on any atom is -0.550 e. The summed E-state index contributed by atoms with van der Waals surface area (Å²) in [5, 5.41) is 28.8. The summed E-state index contributed by atoms with van der Waals surface area (Å²) in [4.78, 5) is 30.7. The second-order valence-electron chi connectivity index (χ2n) is 2.96. The Labute approximate surface area is 73.8 Å². The fourth-order valence-electron chi connectivity index (χ4n) is 0.851. The van der Waals surface area contributed by atoms with Gasteiger partial charge in [-0.1, -0.05) is 0 Å². The van der Waals surface area contributed by atoms with E-state index < -0.39 is 36.2 Å². The van der Waals surface area contributed by atoms with Crippen molar-refractivity contribution in [2.24, 2.45) is 5.41 Å². The molecule has 0 saturated heterocycles. The number of carboxylic acids is 3. The van der Waals surface area contributed by atoms with E-state index in [0.29, 0.717) is 0 Å². The SMILES string of the molecule is CC(CC(=O)[O-])(CC(=O)[O-])C(=O)O. The molecule has 13 heavy (non-hydrogen) atoms. The van der Waals surface area contributed by atoms with E-state index in [9.17, 15) is 24.6 Å². The third-order valence-electron chi connectivity index (χ3n) is 1.59. The van der Waals surface area contributed by atoms with E-state index in [1.807, 2.05) is 0 Å². The van der Waals surface area contributed by atoms with Crippen molar-refractivity contribution in [2.45, 2.75) is 19.8 Å². The van der Waals surface area contributed by atoms with Gasteiger partial charge in [0.2, 0.25) is 0 Å². The molecular formula is C7H8O6-2. The smallest absolute Gasteiger partial charge is 0.310 e. The zero-order chi connectivity index (χ0) is 10.6. The monoisotopic (exact) mass is 188 g/mol. The Morgan fingerprint density at radius 1 is 1.15 bits per heavy atom. The van der Waals surface area contributed by atoms with Crippen molar-refractivity contribution in [1.29, 1.82) is 0 Å². The summed E-state index contributed by atoms with van der Waals surface area (Å²) >= 11 is 0. The van der Waals surface area contributed by atoms with Crippen LogP contribution in [0.25, 0.3) is 0 Å². The van der Waals surface area contributed by atoms with Gasteiger partial charge in [0.05, 0.1) is 5.41 Å². The molecule has 6 nitrogen and oxygen atoms in total. The fraction of sp³-hybridized carbons (Fsp3) is 0.571. The molecule has 0 amide bonds. The second kappa shape index (κ2) is 3.88. The predicted octanol–water partition coefficient (Wildman–Crippen LogP) is -2.64. The van der Waals surface area contributed by atoms with Crippen molar-refractivity contribution in [3.05, 3.63) is 0 Å². The van der Waals surface area contributed by atoms with Gasteiger partial charge in [-0.05, 0) is 6.92 Å². The molecule has 0 radical (unpaired) electrons. The van der Waals surface area contributed by atoms with Crippen LogP contribution in [0.15, 0.2) is 0 Å². The Morgan fingerprint density at radius 3 is 1.62 bits per heavy atom. The fourth-order valence-corrected chi connectivity index (χ4v) is 0.851. The van der Waals surface area contributed by atoms with Crippen LogP contribution in [0.4, 0.5) is 0 Å². The molecular weight excluding hydrogens is 180 g/mol. The molecule has 0 unspecified atom stereocenters. The van der Waals surface area contributed by atoms with E-state index >= 15 is 0 Å². The van der Waals surface area contributed by atoms with Gasteiger partial charge in [-0.15, -0.1) is 0 Å². The molecule has 0 atom stereocenters. The molecule has 0 spiro atoms. The molecule has 0 rings (SSSR count). The highest BCUT2D eigenvalue weighted by atomic mass is 16.4. The summed E-state index contributed by atoms with van der Waals surface area (Å²) in [5.41, 5.74) is -1.86. The maximum atomic E-state index is 10.5. The van der Waals surface area contributed by atoms with Crippen LogP contribution < -0.4 is 10.2 Å². The molecule has 0 bridgehead atoms. The highest BCUT2D eigenvalue weighted by molar-refractivity contribution is 5.84. The zero-order valence-corrected chi connectivity index (χ0v) is 6.90. The maximum absolute atomic E-state index is 10.5. The number of carboxylic acid groups (broad SMARTS) is 3.